The summed E-state index contributed by atoms with van der Waals surface area (Å²) >= 11 is 8.12. The van der Waals surface area contributed by atoms with E-state index in [0.717, 1.165) is 13.3 Å². The van der Waals surface area contributed by atoms with Gasteiger partial charge in [0.05, 0.1) is 25.9 Å². The third-order valence-corrected chi connectivity index (χ3v) is 4.31. The van der Waals surface area contributed by atoms with Gasteiger partial charge in [0.15, 0.2) is 0 Å². The van der Waals surface area contributed by atoms with Crippen molar-refractivity contribution in [1.82, 2.24) is 10.3 Å². The van der Waals surface area contributed by atoms with Crippen molar-refractivity contribution in [3.8, 4) is 0 Å². The summed E-state index contributed by atoms with van der Waals surface area (Å²) in [4.78, 5) is 15.8. The largest absolute Gasteiger partial charge is 0.444 e. The number of hydrogen-bond donors (Lipinski definition) is 1. The lowest BCUT2D eigenvalue weighted by Gasteiger charge is -2.00. The van der Waals surface area contributed by atoms with Crippen molar-refractivity contribution < 1.29 is 9.21 Å². The zero-order valence-corrected chi connectivity index (χ0v) is 12.8. The summed E-state index contributed by atoms with van der Waals surface area (Å²) in [6.45, 7) is 2.09. The number of carbonyl (C=O) groups excluding carboxylic acids is 1. The molecule has 2 heterocycles. The Morgan fingerprint density at radius 1 is 1.59 bits per heavy atom. The molecule has 1 N–H and O–H groups in total. The van der Waals surface area contributed by atoms with E-state index >= 15 is 0 Å². The van der Waals surface area contributed by atoms with Crippen molar-refractivity contribution in [2.24, 2.45) is 0 Å². The summed E-state index contributed by atoms with van der Waals surface area (Å²) < 4.78 is 6.96. The molecule has 0 atom stereocenters. The van der Waals surface area contributed by atoms with Crippen LogP contribution in [0, 0.1) is 6.92 Å². The monoisotopic (exact) mass is 378 g/mol. The lowest BCUT2D eigenvalue weighted by molar-refractivity contribution is 0.0947. The molecule has 0 bridgehead atoms. The van der Waals surface area contributed by atoms with Gasteiger partial charge in [0.1, 0.15) is 5.76 Å². The molecule has 0 aliphatic rings. The van der Waals surface area contributed by atoms with Gasteiger partial charge in [-0.1, -0.05) is 0 Å². The Labute approximate surface area is 119 Å². The summed E-state index contributed by atoms with van der Waals surface area (Å²) in [6.07, 6.45) is 1.62. The van der Waals surface area contributed by atoms with Crippen LogP contribution in [-0.4, -0.2) is 10.9 Å². The maximum absolute atomic E-state index is 11.8. The minimum atomic E-state index is -0.158. The molecule has 2 aromatic rings. The van der Waals surface area contributed by atoms with Gasteiger partial charge in [-0.3, -0.25) is 4.79 Å². The molecule has 1 amide bonds. The molecule has 0 saturated carbocycles. The molecule has 0 fully saturated rings. The highest BCUT2D eigenvalue weighted by Gasteiger charge is 2.14. The number of carbonyl (C=O) groups is 1. The molecule has 90 valence electrons. The van der Waals surface area contributed by atoms with Gasteiger partial charge in [-0.2, -0.15) is 0 Å². The second-order valence-corrected chi connectivity index (χ2v) is 7.03. The number of rotatable bonds is 3. The van der Waals surface area contributed by atoms with Crippen LogP contribution in [0.15, 0.2) is 24.3 Å². The number of nitrogens with zero attached hydrogens (tertiary/aromatic N) is 1. The zero-order valence-electron chi connectivity index (χ0n) is 8.79. The van der Waals surface area contributed by atoms with Gasteiger partial charge in [0.25, 0.3) is 5.91 Å². The second-order valence-electron chi connectivity index (χ2n) is 3.29. The van der Waals surface area contributed by atoms with Crippen LogP contribution in [0.1, 0.15) is 22.0 Å². The first kappa shape index (κ1) is 12.8. The lowest BCUT2D eigenvalue weighted by atomic mass is 10.3. The van der Waals surface area contributed by atoms with E-state index < -0.39 is 0 Å². The van der Waals surface area contributed by atoms with Crippen LogP contribution in [0.3, 0.4) is 0 Å². The number of aryl methyl sites for hydroxylation is 1. The van der Waals surface area contributed by atoms with Crippen molar-refractivity contribution in [1.29, 1.82) is 0 Å². The minimum absolute atomic E-state index is 0.158. The Hall–Kier alpha value is -0.660. The summed E-state index contributed by atoms with van der Waals surface area (Å²) in [5, 5.41) is 2.74. The number of thiophene rings is 1. The van der Waals surface area contributed by atoms with Gasteiger partial charge < -0.3 is 9.73 Å². The third-order valence-electron chi connectivity index (χ3n) is 1.97. The average molecular weight is 380 g/mol. The molecule has 2 aromatic heterocycles. The molecule has 0 aliphatic carbocycles. The van der Waals surface area contributed by atoms with Gasteiger partial charge in [0.2, 0.25) is 5.89 Å². The standard InChI is InChI=1S/C10H8Br2N2O2S/c1-5-3-13-8(16-5)4-14-10(15)6-2-7(11)17-9(6)12/h2-3H,4H2,1H3,(H,14,15). The molecule has 2 rings (SSSR count). The van der Waals surface area contributed by atoms with Crippen LogP contribution in [-0.2, 0) is 6.54 Å². The maximum atomic E-state index is 11.8. The molecule has 0 spiro atoms. The fraction of sp³-hybridized carbons (Fsp3) is 0.200. The van der Waals surface area contributed by atoms with Crippen LogP contribution in [0.2, 0.25) is 0 Å². The number of aromatic nitrogens is 1. The van der Waals surface area contributed by atoms with Gasteiger partial charge in [-0.25, -0.2) is 4.98 Å². The molecule has 0 radical (unpaired) electrons. The molecule has 0 aromatic carbocycles. The smallest absolute Gasteiger partial charge is 0.253 e. The number of hydrogen-bond acceptors (Lipinski definition) is 4. The van der Waals surface area contributed by atoms with Crippen LogP contribution in [0.5, 0.6) is 0 Å². The zero-order chi connectivity index (χ0) is 12.4. The summed E-state index contributed by atoms with van der Waals surface area (Å²) in [5.74, 6) is 1.07. The van der Waals surface area contributed by atoms with Crippen LogP contribution >= 0.6 is 43.2 Å². The molecule has 17 heavy (non-hydrogen) atoms. The first-order valence-electron chi connectivity index (χ1n) is 4.70. The first-order chi connectivity index (χ1) is 8.06. The fourth-order valence-electron chi connectivity index (χ4n) is 1.23. The lowest BCUT2D eigenvalue weighted by Crippen LogP contribution is -2.22. The quantitative estimate of drug-likeness (QED) is 0.887. The highest BCUT2D eigenvalue weighted by atomic mass is 79.9. The van der Waals surface area contributed by atoms with E-state index in [-0.39, 0.29) is 12.5 Å². The van der Waals surface area contributed by atoms with E-state index in [1.165, 1.54) is 11.3 Å². The summed E-state index contributed by atoms with van der Waals surface area (Å²) in [5.41, 5.74) is 0.602. The van der Waals surface area contributed by atoms with Crippen LogP contribution < -0.4 is 5.32 Å². The topological polar surface area (TPSA) is 55.1 Å². The Balaban J connectivity index is 2.00. The van der Waals surface area contributed by atoms with Crippen molar-refractivity contribution in [3.63, 3.8) is 0 Å². The Bertz CT molecular complexity index is 550. The molecular weight excluding hydrogens is 372 g/mol. The van der Waals surface area contributed by atoms with Gasteiger partial charge in [-0.15, -0.1) is 11.3 Å². The molecule has 7 heteroatoms. The van der Waals surface area contributed by atoms with E-state index in [4.69, 9.17) is 4.42 Å². The van der Waals surface area contributed by atoms with E-state index in [0.29, 0.717) is 11.5 Å². The van der Waals surface area contributed by atoms with E-state index in [2.05, 4.69) is 42.2 Å². The van der Waals surface area contributed by atoms with E-state index in [9.17, 15) is 4.79 Å². The minimum Gasteiger partial charge on any atom is -0.444 e. The highest BCUT2D eigenvalue weighted by molar-refractivity contribution is 9.12. The van der Waals surface area contributed by atoms with E-state index in [1.807, 2.05) is 6.92 Å². The Morgan fingerprint density at radius 2 is 2.35 bits per heavy atom. The van der Waals surface area contributed by atoms with Crippen molar-refractivity contribution >= 4 is 49.1 Å². The van der Waals surface area contributed by atoms with E-state index in [1.54, 1.807) is 12.3 Å². The van der Waals surface area contributed by atoms with Crippen molar-refractivity contribution in [2.45, 2.75) is 13.5 Å². The third kappa shape index (κ3) is 3.17. The Kier molecular flexibility index (Phi) is 4.01. The number of halogens is 2. The van der Waals surface area contributed by atoms with Gasteiger partial charge in [0, 0.05) is 0 Å². The van der Waals surface area contributed by atoms with Gasteiger partial charge >= 0.3 is 0 Å². The van der Waals surface area contributed by atoms with Crippen molar-refractivity contribution in [3.05, 3.63) is 37.1 Å². The SMILES string of the molecule is Cc1cnc(CNC(=O)c2cc(Br)sc2Br)o1. The first-order valence-corrected chi connectivity index (χ1v) is 7.11. The predicted octanol–water partition coefficient (Wildman–Crippen LogP) is 3.50. The Morgan fingerprint density at radius 3 is 2.88 bits per heavy atom. The number of nitrogens with one attached hydrogen (secondary N) is 1. The van der Waals surface area contributed by atoms with Gasteiger partial charge in [-0.05, 0) is 44.8 Å². The summed E-state index contributed by atoms with van der Waals surface area (Å²) in [7, 11) is 0. The maximum Gasteiger partial charge on any atom is 0.253 e. The predicted molar refractivity (Wildman–Crippen MR) is 72.1 cm³/mol. The number of amides is 1. The average Bonchev–Trinajstić information content (AvgIpc) is 2.81. The second kappa shape index (κ2) is 5.32. The highest BCUT2D eigenvalue weighted by Crippen LogP contribution is 2.31. The fourth-order valence-corrected chi connectivity index (χ4v) is 4.02. The molecule has 4 nitrogen and oxygen atoms in total. The molecule has 0 aliphatic heterocycles. The summed E-state index contributed by atoms with van der Waals surface area (Å²) in [6, 6.07) is 1.77. The number of oxazole rings is 1. The molecule has 0 saturated heterocycles. The van der Waals surface area contributed by atoms with Crippen LogP contribution in [0.25, 0.3) is 0 Å². The van der Waals surface area contributed by atoms with Crippen LogP contribution in [0.4, 0.5) is 0 Å². The molecule has 0 unspecified atom stereocenters. The molecular formula is C10H8Br2N2O2S. The van der Waals surface area contributed by atoms with Crippen molar-refractivity contribution in [2.75, 3.05) is 0 Å². The normalized spacial score (nSPS) is 10.5.